The molecule has 1 unspecified atom stereocenters. The topological polar surface area (TPSA) is 152 Å². The molecule has 3 aliphatic rings. The van der Waals surface area contributed by atoms with Crippen LogP contribution < -0.4 is 21.7 Å². The van der Waals surface area contributed by atoms with Crippen LogP contribution in [0.5, 0.6) is 0 Å². The molecule has 0 spiro atoms. The third-order valence-electron chi connectivity index (χ3n) is 9.12. The molecule has 1 saturated heterocycles. The fraction of sp³-hybridized carbons (Fsp3) is 0.500. The normalized spacial score (nSPS) is 22.9. The third kappa shape index (κ3) is 6.70. The Morgan fingerprint density at radius 1 is 1.10 bits per heavy atom. The number of carbonyl (C=O) groups is 3. The van der Waals surface area contributed by atoms with Crippen molar-refractivity contribution in [3.8, 4) is 11.3 Å². The van der Waals surface area contributed by atoms with Crippen LogP contribution in [0.2, 0.25) is 5.02 Å². The number of alkyl halides is 5. The number of imidazole rings is 1. The number of likely N-dealkylation sites (tertiary alicyclic amines) is 1. The molecular weight excluding hydrogens is 665 g/mol. The summed E-state index contributed by atoms with van der Waals surface area (Å²) >= 11 is 6.42. The van der Waals surface area contributed by atoms with Crippen LogP contribution in [0.25, 0.3) is 11.3 Å². The monoisotopic (exact) mass is 697 g/mol. The van der Waals surface area contributed by atoms with E-state index in [-0.39, 0.29) is 45.9 Å². The van der Waals surface area contributed by atoms with E-state index in [0.29, 0.717) is 30.6 Å². The highest BCUT2D eigenvalue weighted by Crippen LogP contribution is 2.53. The average molecular weight is 698 g/mol. The van der Waals surface area contributed by atoms with Crippen LogP contribution in [-0.2, 0) is 13.2 Å². The maximum absolute atomic E-state index is 13.8. The molecule has 1 aromatic carbocycles. The van der Waals surface area contributed by atoms with Crippen LogP contribution >= 0.6 is 11.6 Å². The second kappa shape index (κ2) is 12.0. The van der Waals surface area contributed by atoms with Gasteiger partial charge in [0.2, 0.25) is 0 Å². The van der Waals surface area contributed by atoms with Crippen LogP contribution in [0.15, 0.2) is 30.6 Å². The molecule has 5 N–H and O–H groups in total. The third-order valence-corrected chi connectivity index (χ3v) is 9.44. The second-order valence-electron chi connectivity index (χ2n) is 12.9. The van der Waals surface area contributed by atoms with Crippen molar-refractivity contribution in [2.45, 2.75) is 74.8 Å². The molecular formula is C30H33ClF5N9O3. The van der Waals surface area contributed by atoms with E-state index in [1.807, 2.05) is 6.92 Å². The Morgan fingerprint density at radius 2 is 1.77 bits per heavy atom. The van der Waals surface area contributed by atoms with Crippen molar-refractivity contribution in [2.24, 2.45) is 12.8 Å². The molecule has 4 amide bonds. The molecule has 48 heavy (non-hydrogen) atoms. The van der Waals surface area contributed by atoms with E-state index in [1.54, 1.807) is 4.90 Å². The summed E-state index contributed by atoms with van der Waals surface area (Å²) in [5.74, 6) is -4.67. The molecule has 2 aliphatic carbocycles. The van der Waals surface area contributed by atoms with Crippen LogP contribution in [0.4, 0.5) is 32.4 Å². The SMILES string of the molecule is Cn1c(-c2cn(C3CC3(F)F)nc2C(F)(F)F)cnc1C(=O)Nc1ccc(C(=O)NC2(C)CCN(C(=O)NC3CC(N)C3)CC2)c(Cl)c1. The number of anilines is 1. The van der Waals surface area contributed by atoms with Gasteiger partial charge in [0.1, 0.15) is 6.04 Å². The highest BCUT2D eigenvalue weighted by molar-refractivity contribution is 6.34. The Labute approximate surface area is 276 Å². The molecule has 2 aromatic heterocycles. The number of nitrogens with one attached hydrogen (secondary N) is 3. The molecule has 0 radical (unpaired) electrons. The minimum Gasteiger partial charge on any atom is -0.347 e. The predicted octanol–water partition coefficient (Wildman–Crippen LogP) is 4.57. The average Bonchev–Trinajstić information content (AvgIpc) is 3.28. The van der Waals surface area contributed by atoms with E-state index in [4.69, 9.17) is 17.3 Å². The minimum absolute atomic E-state index is 0.0315. The molecule has 3 aromatic rings. The van der Waals surface area contributed by atoms with Crippen molar-refractivity contribution in [1.82, 2.24) is 34.9 Å². The molecule has 258 valence electrons. The number of hydrogen-bond donors (Lipinski definition) is 4. The lowest BCUT2D eigenvalue weighted by Crippen LogP contribution is -2.58. The summed E-state index contributed by atoms with van der Waals surface area (Å²) in [6, 6.07) is 2.79. The highest BCUT2D eigenvalue weighted by atomic mass is 35.5. The first kappa shape index (κ1) is 33.6. The number of carbonyl (C=O) groups excluding carboxylic acids is 3. The Morgan fingerprint density at radius 3 is 2.35 bits per heavy atom. The first-order valence-electron chi connectivity index (χ1n) is 15.2. The summed E-state index contributed by atoms with van der Waals surface area (Å²) in [7, 11) is 1.31. The predicted molar refractivity (Wildman–Crippen MR) is 164 cm³/mol. The standard InChI is InChI=1S/C30H33ClF5N9O3/c1-28(5-7-44(8-6-28)27(48)40-17-9-15(37)10-17)41-25(46)18-4-3-16(11-20(18)31)39-26(47)24-38-13-21(43(24)2)19-14-45(22-12-29(22,32)33)42-23(19)30(34,35)36/h3-4,11,13-15,17,22H,5-10,12,37H2,1-2H3,(H,39,47)(H,40,48)(H,41,46). The molecule has 1 atom stereocenters. The summed E-state index contributed by atoms with van der Waals surface area (Å²) in [6.07, 6.45) is -1.11. The zero-order valence-corrected chi connectivity index (χ0v) is 26.6. The smallest absolute Gasteiger partial charge is 0.347 e. The number of nitrogens with zero attached hydrogens (tertiary/aromatic N) is 5. The zero-order valence-electron chi connectivity index (χ0n) is 25.9. The van der Waals surface area contributed by atoms with Crippen molar-refractivity contribution < 1.29 is 36.3 Å². The molecule has 2 saturated carbocycles. The van der Waals surface area contributed by atoms with Crippen molar-refractivity contribution in [3.05, 3.63) is 52.7 Å². The molecule has 0 bridgehead atoms. The van der Waals surface area contributed by atoms with Crippen molar-refractivity contribution >= 4 is 35.1 Å². The molecule has 18 heteroatoms. The van der Waals surface area contributed by atoms with Crippen LogP contribution in [0.1, 0.15) is 71.7 Å². The molecule has 3 heterocycles. The summed E-state index contributed by atoms with van der Waals surface area (Å²) < 4.78 is 70.1. The number of piperidine rings is 1. The van der Waals surface area contributed by atoms with Gasteiger partial charge in [-0.25, -0.2) is 18.6 Å². The Kier molecular flexibility index (Phi) is 8.42. The number of nitrogens with two attached hydrogens (primary N) is 1. The number of amides is 4. The van der Waals surface area contributed by atoms with Gasteiger partial charge in [0.05, 0.1) is 28.0 Å². The lowest BCUT2D eigenvalue weighted by atomic mass is 9.87. The van der Waals surface area contributed by atoms with Gasteiger partial charge in [-0.2, -0.15) is 18.3 Å². The Hall–Kier alpha value is -4.25. The van der Waals surface area contributed by atoms with Crippen molar-refractivity contribution in [2.75, 3.05) is 18.4 Å². The van der Waals surface area contributed by atoms with Crippen molar-refractivity contribution in [1.29, 1.82) is 0 Å². The zero-order chi connectivity index (χ0) is 34.8. The van der Waals surface area contributed by atoms with Gasteiger partial charge in [-0.05, 0) is 50.8 Å². The summed E-state index contributed by atoms with van der Waals surface area (Å²) in [4.78, 5) is 44.5. The van der Waals surface area contributed by atoms with Gasteiger partial charge in [0.25, 0.3) is 17.7 Å². The molecule has 3 fully saturated rings. The fourth-order valence-electron chi connectivity index (χ4n) is 5.98. The number of hydrogen-bond acceptors (Lipinski definition) is 6. The number of halogens is 6. The quantitative estimate of drug-likeness (QED) is 0.266. The fourth-order valence-corrected chi connectivity index (χ4v) is 6.25. The number of benzene rings is 1. The Balaban J connectivity index is 1.09. The van der Waals surface area contributed by atoms with Gasteiger partial charge in [-0.3, -0.25) is 14.3 Å². The Bertz CT molecular complexity index is 1760. The summed E-state index contributed by atoms with van der Waals surface area (Å²) in [5, 5.41) is 11.9. The molecule has 12 nitrogen and oxygen atoms in total. The van der Waals surface area contributed by atoms with Crippen LogP contribution in [0.3, 0.4) is 0 Å². The van der Waals surface area contributed by atoms with Gasteiger partial charge >= 0.3 is 12.2 Å². The number of aromatic nitrogens is 4. The van der Waals surface area contributed by atoms with Gasteiger partial charge in [-0.15, -0.1) is 0 Å². The highest BCUT2D eigenvalue weighted by Gasteiger charge is 2.59. The van der Waals surface area contributed by atoms with Crippen LogP contribution in [0, 0.1) is 0 Å². The lowest BCUT2D eigenvalue weighted by molar-refractivity contribution is -0.141. The first-order valence-corrected chi connectivity index (χ1v) is 15.6. The van der Waals surface area contributed by atoms with Crippen LogP contribution in [-0.4, -0.2) is 78.7 Å². The summed E-state index contributed by atoms with van der Waals surface area (Å²) in [6.45, 7) is 2.79. The van der Waals surface area contributed by atoms with Crippen molar-refractivity contribution in [3.63, 3.8) is 0 Å². The maximum atomic E-state index is 13.8. The molecule has 6 rings (SSSR count). The van der Waals surface area contributed by atoms with E-state index in [2.05, 4.69) is 26.0 Å². The first-order chi connectivity index (χ1) is 22.4. The lowest BCUT2D eigenvalue weighted by Gasteiger charge is -2.41. The van der Waals surface area contributed by atoms with Gasteiger partial charge in [-0.1, -0.05) is 11.6 Å². The van der Waals surface area contributed by atoms with E-state index >= 15 is 0 Å². The van der Waals surface area contributed by atoms with E-state index < -0.39 is 53.2 Å². The maximum Gasteiger partial charge on any atom is 0.435 e. The minimum atomic E-state index is -4.95. The van der Waals surface area contributed by atoms with Gasteiger partial charge in [0, 0.05) is 56.1 Å². The number of urea groups is 1. The van der Waals surface area contributed by atoms with Gasteiger partial charge in [0.15, 0.2) is 11.5 Å². The largest absolute Gasteiger partial charge is 0.435 e. The summed E-state index contributed by atoms with van der Waals surface area (Å²) in [5.41, 5.74) is 3.49. The molecule has 1 aliphatic heterocycles. The van der Waals surface area contributed by atoms with E-state index in [1.165, 1.54) is 25.2 Å². The van der Waals surface area contributed by atoms with E-state index in [0.717, 1.165) is 29.8 Å². The van der Waals surface area contributed by atoms with E-state index in [9.17, 15) is 36.3 Å². The second-order valence-corrected chi connectivity index (χ2v) is 13.3. The van der Waals surface area contributed by atoms with Gasteiger partial charge < -0.3 is 31.2 Å². The number of rotatable bonds is 7.